The maximum Gasteiger partial charge on any atom is 0.223 e. The van der Waals surface area contributed by atoms with Crippen molar-refractivity contribution in [1.82, 2.24) is 15.0 Å². The monoisotopic (exact) mass is 216 g/mol. The van der Waals surface area contributed by atoms with Gasteiger partial charge in [0.2, 0.25) is 11.8 Å². The SMILES string of the molecule is COc1cc(-c2ccncc2C)nc(N)n1. The molecule has 0 spiro atoms. The molecule has 16 heavy (non-hydrogen) atoms. The van der Waals surface area contributed by atoms with Crippen molar-refractivity contribution >= 4 is 5.95 Å². The molecule has 0 aliphatic carbocycles. The van der Waals surface area contributed by atoms with Gasteiger partial charge in [-0.2, -0.15) is 4.98 Å². The second-order valence-electron chi connectivity index (χ2n) is 3.34. The molecule has 5 nitrogen and oxygen atoms in total. The van der Waals surface area contributed by atoms with E-state index in [-0.39, 0.29) is 5.95 Å². The third-order valence-electron chi connectivity index (χ3n) is 2.23. The van der Waals surface area contributed by atoms with Crippen LogP contribution in [0.1, 0.15) is 5.56 Å². The molecule has 5 heteroatoms. The van der Waals surface area contributed by atoms with Crippen LogP contribution in [0.5, 0.6) is 5.88 Å². The molecule has 0 radical (unpaired) electrons. The molecule has 0 aliphatic rings. The molecule has 2 N–H and O–H groups in total. The van der Waals surface area contributed by atoms with Gasteiger partial charge in [-0.15, -0.1) is 0 Å². The summed E-state index contributed by atoms with van der Waals surface area (Å²) in [6.07, 6.45) is 3.49. The van der Waals surface area contributed by atoms with Gasteiger partial charge >= 0.3 is 0 Å². The Morgan fingerprint density at radius 2 is 2.12 bits per heavy atom. The van der Waals surface area contributed by atoms with Crippen LogP contribution in [-0.4, -0.2) is 22.1 Å². The van der Waals surface area contributed by atoms with Gasteiger partial charge in [0.25, 0.3) is 0 Å². The van der Waals surface area contributed by atoms with Crippen LogP contribution in [0.4, 0.5) is 5.95 Å². The van der Waals surface area contributed by atoms with Crippen LogP contribution in [0, 0.1) is 6.92 Å². The third kappa shape index (κ3) is 1.93. The lowest BCUT2D eigenvalue weighted by Gasteiger charge is -2.06. The molecular formula is C11H12N4O. The Morgan fingerprint density at radius 3 is 2.81 bits per heavy atom. The Bertz CT molecular complexity index is 513. The number of ether oxygens (including phenoxy) is 1. The number of nitrogens with zero attached hydrogens (tertiary/aromatic N) is 3. The highest BCUT2D eigenvalue weighted by Crippen LogP contribution is 2.23. The molecule has 0 aromatic carbocycles. The van der Waals surface area contributed by atoms with E-state index in [1.54, 1.807) is 25.6 Å². The zero-order chi connectivity index (χ0) is 11.5. The molecule has 2 aromatic rings. The summed E-state index contributed by atoms with van der Waals surface area (Å²) in [5.74, 6) is 0.657. The molecule has 0 bridgehead atoms. The van der Waals surface area contributed by atoms with E-state index >= 15 is 0 Å². The second kappa shape index (κ2) is 4.14. The van der Waals surface area contributed by atoms with E-state index in [2.05, 4.69) is 15.0 Å². The number of nitrogens with two attached hydrogens (primary N) is 1. The standard InChI is InChI=1S/C11H12N4O/c1-7-6-13-4-3-8(7)9-5-10(16-2)15-11(12)14-9/h3-6H,1-2H3,(H2,12,14,15). The molecule has 0 saturated carbocycles. The summed E-state index contributed by atoms with van der Waals surface area (Å²) in [6, 6.07) is 3.63. The minimum absolute atomic E-state index is 0.200. The van der Waals surface area contributed by atoms with Gasteiger partial charge in [-0.25, -0.2) is 4.98 Å². The normalized spacial score (nSPS) is 10.1. The van der Waals surface area contributed by atoms with Crippen molar-refractivity contribution in [2.75, 3.05) is 12.8 Å². The fourth-order valence-electron chi connectivity index (χ4n) is 1.45. The van der Waals surface area contributed by atoms with Crippen molar-refractivity contribution in [2.45, 2.75) is 6.92 Å². The number of hydrogen-bond donors (Lipinski definition) is 1. The van der Waals surface area contributed by atoms with Crippen molar-refractivity contribution in [3.05, 3.63) is 30.1 Å². The van der Waals surface area contributed by atoms with Crippen LogP contribution >= 0.6 is 0 Å². The smallest absolute Gasteiger partial charge is 0.223 e. The molecule has 2 aromatic heterocycles. The van der Waals surface area contributed by atoms with E-state index in [4.69, 9.17) is 10.5 Å². The molecule has 0 fully saturated rings. The number of rotatable bonds is 2. The summed E-state index contributed by atoms with van der Waals surface area (Å²) >= 11 is 0. The van der Waals surface area contributed by atoms with Crippen molar-refractivity contribution < 1.29 is 4.74 Å². The van der Waals surface area contributed by atoms with Gasteiger partial charge in [0, 0.05) is 24.0 Å². The van der Waals surface area contributed by atoms with Crippen LogP contribution in [0.2, 0.25) is 0 Å². The third-order valence-corrected chi connectivity index (χ3v) is 2.23. The topological polar surface area (TPSA) is 73.9 Å². The van der Waals surface area contributed by atoms with Crippen LogP contribution in [0.25, 0.3) is 11.3 Å². The highest BCUT2D eigenvalue weighted by atomic mass is 16.5. The number of methoxy groups -OCH3 is 1. The number of pyridine rings is 1. The highest BCUT2D eigenvalue weighted by Gasteiger charge is 2.07. The van der Waals surface area contributed by atoms with Crippen molar-refractivity contribution in [3.8, 4) is 17.1 Å². The Balaban J connectivity index is 2.56. The number of nitrogen functional groups attached to an aromatic ring is 1. The Morgan fingerprint density at radius 1 is 1.31 bits per heavy atom. The molecule has 0 atom stereocenters. The van der Waals surface area contributed by atoms with Crippen LogP contribution in [-0.2, 0) is 0 Å². The summed E-state index contributed by atoms with van der Waals surface area (Å²) < 4.78 is 5.05. The van der Waals surface area contributed by atoms with E-state index in [1.165, 1.54) is 0 Å². The Kier molecular flexibility index (Phi) is 2.68. The van der Waals surface area contributed by atoms with Gasteiger partial charge in [-0.3, -0.25) is 4.98 Å². The zero-order valence-electron chi connectivity index (χ0n) is 9.14. The number of aromatic nitrogens is 3. The van der Waals surface area contributed by atoms with Crippen molar-refractivity contribution in [3.63, 3.8) is 0 Å². The van der Waals surface area contributed by atoms with Crippen LogP contribution in [0.15, 0.2) is 24.5 Å². The molecule has 0 unspecified atom stereocenters. The molecule has 0 aliphatic heterocycles. The van der Waals surface area contributed by atoms with Gasteiger partial charge in [-0.05, 0) is 18.6 Å². The van der Waals surface area contributed by atoms with Gasteiger partial charge in [0.05, 0.1) is 12.8 Å². The maximum absolute atomic E-state index is 5.60. The quantitative estimate of drug-likeness (QED) is 0.822. The predicted octanol–water partition coefficient (Wildman–Crippen LogP) is 1.44. The zero-order valence-corrected chi connectivity index (χ0v) is 9.14. The molecule has 2 heterocycles. The average Bonchev–Trinajstić information content (AvgIpc) is 2.28. The maximum atomic E-state index is 5.60. The summed E-state index contributed by atoms with van der Waals surface area (Å²) in [5, 5.41) is 0. The summed E-state index contributed by atoms with van der Waals surface area (Å²) in [5.41, 5.74) is 8.35. The fourth-order valence-corrected chi connectivity index (χ4v) is 1.45. The Labute approximate surface area is 93.3 Å². The van der Waals surface area contributed by atoms with Crippen molar-refractivity contribution in [2.24, 2.45) is 0 Å². The average molecular weight is 216 g/mol. The van der Waals surface area contributed by atoms with Gasteiger partial charge in [0.1, 0.15) is 0 Å². The first-order valence-electron chi connectivity index (χ1n) is 4.80. The summed E-state index contributed by atoms with van der Waals surface area (Å²) in [7, 11) is 1.55. The lowest BCUT2D eigenvalue weighted by atomic mass is 10.1. The van der Waals surface area contributed by atoms with Gasteiger partial charge < -0.3 is 10.5 Å². The molecule has 0 amide bonds. The van der Waals surface area contributed by atoms with Gasteiger partial charge in [-0.1, -0.05) is 0 Å². The number of anilines is 1. The van der Waals surface area contributed by atoms with Crippen molar-refractivity contribution in [1.29, 1.82) is 0 Å². The van der Waals surface area contributed by atoms with Crippen LogP contribution in [0.3, 0.4) is 0 Å². The molecular weight excluding hydrogens is 204 g/mol. The van der Waals surface area contributed by atoms with E-state index in [0.29, 0.717) is 5.88 Å². The lowest BCUT2D eigenvalue weighted by Crippen LogP contribution is -1.99. The summed E-state index contributed by atoms with van der Waals surface area (Å²) in [4.78, 5) is 12.1. The van der Waals surface area contributed by atoms with E-state index < -0.39 is 0 Å². The first kappa shape index (κ1) is 10.4. The largest absolute Gasteiger partial charge is 0.481 e. The Hall–Kier alpha value is -2.17. The van der Waals surface area contributed by atoms with Gasteiger partial charge in [0.15, 0.2) is 0 Å². The van der Waals surface area contributed by atoms with E-state index in [9.17, 15) is 0 Å². The summed E-state index contributed by atoms with van der Waals surface area (Å²) in [6.45, 7) is 1.97. The number of hydrogen-bond acceptors (Lipinski definition) is 5. The van der Waals surface area contributed by atoms with Crippen LogP contribution < -0.4 is 10.5 Å². The lowest BCUT2D eigenvalue weighted by molar-refractivity contribution is 0.398. The fraction of sp³-hybridized carbons (Fsp3) is 0.182. The number of aryl methyl sites for hydroxylation is 1. The first-order valence-corrected chi connectivity index (χ1v) is 4.80. The molecule has 82 valence electrons. The highest BCUT2D eigenvalue weighted by molar-refractivity contribution is 5.64. The molecule has 2 rings (SSSR count). The minimum Gasteiger partial charge on any atom is -0.481 e. The minimum atomic E-state index is 0.200. The molecule has 0 saturated heterocycles. The van der Waals surface area contributed by atoms with E-state index in [1.807, 2.05) is 13.0 Å². The van der Waals surface area contributed by atoms with E-state index in [0.717, 1.165) is 16.8 Å². The first-order chi connectivity index (χ1) is 7.70. The predicted molar refractivity (Wildman–Crippen MR) is 61.0 cm³/mol. The second-order valence-corrected chi connectivity index (χ2v) is 3.34.